The van der Waals surface area contributed by atoms with E-state index in [1.807, 2.05) is 12.1 Å². The van der Waals surface area contributed by atoms with E-state index in [1.165, 1.54) is 6.07 Å². The molecule has 0 radical (unpaired) electrons. The van der Waals surface area contributed by atoms with Crippen LogP contribution >= 0.6 is 0 Å². The Bertz CT molecular complexity index is 462. The molecule has 15 heavy (non-hydrogen) atoms. The molecule has 0 saturated heterocycles. The zero-order chi connectivity index (χ0) is 10.8. The third-order valence-corrected chi connectivity index (χ3v) is 2.60. The number of H-pyrrole nitrogens is 1. The number of hydrogen-bond donors (Lipinski definition) is 2. The predicted octanol–water partition coefficient (Wildman–Crippen LogP) is 2.98. The third-order valence-electron chi connectivity index (χ3n) is 2.60. The lowest BCUT2D eigenvalue weighted by molar-refractivity contribution is 0.585. The second-order valence-corrected chi connectivity index (χ2v) is 3.71. The van der Waals surface area contributed by atoms with Crippen molar-refractivity contribution in [3.63, 3.8) is 0 Å². The largest absolute Gasteiger partial charge is 0.355 e. The molecule has 2 aromatic rings. The van der Waals surface area contributed by atoms with Crippen molar-refractivity contribution in [2.45, 2.75) is 19.9 Å². The molecule has 1 heterocycles. The van der Waals surface area contributed by atoms with Crippen LogP contribution in [0.4, 0.5) is 4.39 Å². The molecule has 0 aliphatic rings. The summed E-state index contributed by atoms with van der Waals surface area (Å²) in [7, 11) is 0. The van der Waals surface area contributed by atoms with Crippen molar-refractivity contribution in [3.8, 4) is 0 Å². The van der Waals surface area contributed by atoms with Crippen LogP contribution in [-0.4, -0.2) is 11.5 Å². The van der Waals surface area contributed by atoms with E-state index in [1.54, 1.807) is 6.07 Å². The first kappa shape index (κ1) is 10.2. The van der Waals surface area contributed by atoms with Crippen LogP contribution in [0.15, 0.2) is 24.3 Å². The fourth-order valence-corrected chi connectivity index (χ4v) is 1.79. The molecule has 0 fully saturated rings. The predicted molar refractivity (Wildman–Crippen MR) is 60.3 cm³/mol. The number of halogens is 1. The Morgan fingerprint density at radius 3 is 2.93 bits per heavy atom. The molecule has 0 aliphatic carbocycles. The van der Waals surface area contributed by atoms with E-state index < -0.39 is 0 Å². The summed E-state index contributed by atoms with van der Waals surface area (Å²) < 4.78 is 13.4. The zero-order valence-corrected chi connectivity index (χ0v) is 8.97. The van der Waals surface area contributed by atoms with Crippen LogP contribution in [0.25, 0.3) is 10.9 Å². The quantitative estimate of drug-likeness (QED) is 0.793. The Hall–Kier alpha value is -1.35. The maximum absolute atomic E-state index is 13.4. The number of aromatic amines is 1. The Morgan fingerprint density at radius 2 is 2.27 bits per heavy atom. The Balaban J connectivity index is 2.43. The lowest BCUT2D eigenvalue weighted by atomic mass is 10.2. The van der Waals surface area contributed by atoms with E-state index in [2.05, 4.69) is 24.1 Å². The molecule has 1 aromatic heterocycles. The average Bonchev–Trinajstić information content (AvgIpc) is 2.63. The topological polar surface area (TPSA) is 27.8 Å². The summed E-state index contributed by atoms with van der Waals surface area (Å²) in [5, 5.41) is 4.21. The van der Waals surface area contributed by atoms with Gasteiger partial charge in [0.2, 0.25) is 0 Å². The smallest absolute Gasteiger partial charge is 0.147 e. The van der Waals surface area contributed by atoms with Crippen molar-refractivity contribution in [3.05, 3.63) is 35.8 Å². The molecule has 0 bridgehead atoms. The second-order valence-electron chi connectivity index (χ2n) is 3.71. The lowest BCUT2D eigenvalue weighted by Crippen LogP contribution is -2.17. The van der Waals surface area contributed by atoms with Crippen molar-refractivity contribution in [2.24, 2.45) is 0 Å². The van der Waals surface area contributed by atoms with Gasteiger partial charge < -0.3 is 10.3 Å². The van der Waals surface area contributed by atoms with Crippen LogP contribution in [0.3, 0.4) is 0 Å². The van der Waals surface area contributed by atoms with Crippen LogP contribution < -0.4 is 5.32 Å². The summed E-state index contributed by atoms with van der Waals surface area (Å²) in [6, 6.07) is 7.33. The average molecular weight is 206 g/mol. The number of nitrogens with one attached hydrogen (secondary N) is 2. The maximum atomic E-state index is 13.4. The minimum atomic E-state index is -0.192. The highest BCUT2D eigenvalue weighted by Crippen LogP contribution is 2.21. The number of fused-ring (bicyclic) bond motifs is 1. The van der Waals surface area contributed by atoms with Gasteiger partial charge in [-0.05, 0) is 25.6 Å². The first-order chi connectivity index (χ1) is 7.22. The summed E-state index contributed by atoms with van der Waals surface area (Å²) in [4.78, 5) is 3.11. The van der Waals surface area contributed by atoms with Gasteiger partial charge in [-0.1, -0.05) is 19.1 Å². The summed E-state index contributed by atoms with van der Waals surface area (Å²) >= 11 is 0. The van der Waals surface area contributed by atoms with Crippen molar-refractivity contribution < 1.29 is 4.39 Å². The van der Waals surface area contributed by atoms with Gasteiger partial charge in [-0.2, -0.15) is 0 Å². The fraction of sp³-hybridized carbons (Fsp3) is 0.333. The molecule has 0 saturated carbocycles. The van der Waals surface area contributed by atoms with E-state index in [4.69, 9.17) is 0 Å². The minimum absolute atomic E-state index is 0.192. The van der Waals surface area contributed by atoms with Crippen LogP contribution in [-0.2, 0) is 0 Å². The molecule has 0 amide bonds. The number of hydrogen-bond acceptors (Lipinski definition) is 1. The van der Waals surface area contributed by atoms with Crippen LogP contribution in [0.1, 0.15) is 25.6 Å². The molecule has 2 N–H and O–H groups in total. The second kappa shape index (κ2) is 4.03. The van der Waals surface area contributed by atoms with Gasteiger partial charge in [0.05, 0.1) is 5.52 Å². The Kier molecular flexibility index (Phi) is 2.73. The van der Waals surface area contributed by atoms with Crippen molar-refractivity contribution >= 4 is 10.9 Å². The van der Waals surface area contributed by atoms with Crippen molar-refractivity contribution in [1.82, 2.24) is 10.3 Å². The molecule has 0 aliphatic heterocycles. The Labute approximate surface area is 88.5 Å². The molecule has 0 spiro atoms. The van der Waals surface area contributed by atoms with Gasteiger partial charge in [-0.3, -0.25) is 0 Å². The third kappa shape index (κ3) is 1.88. The van der Waals surface area contributed by atoms with Gasteiger partial charge >= 0.3 is 0 Å². The maximum Gasteiger partial charge on any atom is 0.147 e. The summed E-state index contributed by atoms with van der Waals surface area (Å²) in [5.74, 6) is -0.192. The first-order valence-electron chi connectivity index (χ1n) is 5.23. The van der Waals surface area contributed by atoms with Gasteiger partial charge in [0.15, 0.2) is 0 Å². The highest BCUT2D eigenvalue weighted by molar-refractivity contribution is 5.81. The van der Waals surface area contributed by atoms with Gasteiger partial charge in [-0.15, -0.1) is 0 Å². The number of benzene rings is 1. The van der Waals surface area contributed by atoms with Crippen LogP contribution in [0.5, 0.6) is 0 Å². The van der Waals surface area contributed by atoms with Crippen LogP contribution in [0, 0.1) is 5.82 Å². The SMILES string of the molecule is CCNC(C)c1cc2cccc(F)c2[nH]1. The lowest BCUT2D eigenvalue weighted by Gasteiger charge is -2.09. The van der Waals surface area contributed by atoms with E-state index in [-0.39, 0.29) is 11.9 Å². The van der Waals surface area contributed by atoms with E-state index in [0.717, 1.165) is 17.6 Å². The molecular weight excluding hydrogens is 191 g/mol. The number of rotatable bonds is 3. The van der Waals surface area contributed by atoms with Gasteiger partial charge in [0.25, 0.3) is 0 Å². The Morgan fingerprint density at radius 1 is 1.47 bits per heavy atom. The first-order valence-corrected chi connectivity index (χ1v) is 5.23. The molecule has 1 unspecified atom stereocenters. The van der Waals surface area contributed by atoms with E-state index in [9.17, 15) is 4.39 Å². The van der Waals surface area contributed by atoms with Gasteiger partial charge in [0, 0.05) is 17.1 Å². The normalized spacial score (nSPS) is 13.3. The number of aromatic nitrogens is 1. The van der Waals surface area contributed by atoms with E-state index >= 15 is 0 Å². The molecule has 80 valence electrons. The fourth-order valence-electron chi connectivity index (χ4n) is 1.79. The molecular formula is C12H15FN2. The van der Waals surface area contributed by atoms with Gasteiger partial charge in [0.1, 0.15) is 5.82 Å². The standard InChI is InChI=1S/C12H15FN2/c1-3-14-8(2)11-7-9-5-4-6-10(13)12(9)15-11/h4-8,14-15H,3H2,1-2H3. The molecule has 2 rings (SSSR count). The summed E-state index contributed by atoms with van der Waals surface area (Å²) in [6.07, 6.45) is 0. The monoisotopic (exact) mass is 206 g/mol. The molecule has 3 heteroatoms. The number of para-hydroxylation sites is 1. The molecule has 1 aromatic carbocycles. The van der Waals surface area contributed by atoms with Gasteiger partial charge in [-0.25, -0.2) is 4.39 Å². The van der Waals surface area contributed by atoms with Crippen molar-refractivity contribution in [2.75, 3.05) is 6.54 Å². The summed E-state index contributed by atoms with van der Waals surface area (Å²) in [5.41, 5.74) is 1.62. The summed E-state index contributed by atoms with van der Waals surface area (Å²) in [6.45, 7) is 5.02. The van der Waals surface area contributed by atoms with E-state index in [0.29, 0.717) is 5.52 Å². The zero-order valence-electron chi connectivity index (χ0n) is 8.97. The molecule has 2 nitrogen and oxygen atoms in total. The highest BCUT2D eigenvalue weighted by atomic mass is 19.1. The molecule has 1 atom stereocenters. The highest BCUT2D eigenvalue weighted by Gasteiger charge is 2.09. The van der Waals surface area contributed by atoms with Crippen molar-refractivity contribution in [1.29, 1.82) is 0 Å². The van der Waals surface area contributed by atoms with Crippen LogP contribution in [0.2, 0.25) is 0 Å². The minimum Gasteiger partial charge on any atom is -0.355 e.